The molecule has 0 fully saturated rings. The Morgan fingerprint density at radius 2 is 2.12 bits per heavy atom. The van der Waals surface area contributed by atoms with Gasteiger partial charge < -0.3 is 5.32 Å². The Morgan fingerprint density at radius 1 is 1.25 bits per heavy atom. The minimum atomic E-state index is -0.203. The predicted octanol–water partition coefficient (Wildman–Crippen LogP) is 2.04. The van der Waals surface area contributed by atoms with E-state index in [9.17, 15) is 4.79 Å². The highest BCUT2D eigenvalue weighted by Crippen LogP contribution is 2.06. The van der Waals surface area contributed by atoms with Crippen molar-refractivity contribution in [3.63, 3.8) is 0 Å². The van der Waals surface area contributed by atoms with E-state index in [2.05, 4.69) is 15.3 Å². The van der Waals surface area contributed by atoms with Crippen LogP contribution in [0.1, 0.15) is 16.1 Å². The van der Waals surface area contributed by atoms with Crippen molar-refractivity contribution in [3.8, 4) is 0 Å². The number of nitrogens with one attached hydrogen (secondary N) is 1. The summed E-state index contributed by atoms with van der Waals surface area (Å²) in [5.41, 5.74) is 1.38. The van der Waals surface area contributed by atoms with Gasteiger partial charge >= 0.3 is 0 Å². The van der Waals surface area contributed by atoms with Crippen LogP contribution < -0.4 is 5.32 Å². The van der Waals surface area contributed by atoms with Crippen molar-refractivity contribution in [2.45, 2.75) is 6.92 Å². The Kier molecular flexibility index (Phi) is 2.91. The highest BCUT2D eigenvalue weighted by atomic mass is 16.1. The van der Waals surface area contributed by atoms with Crippen LogP contribution in [-0.4, -0.2) is 15.9 Å². The molecule has 2 aromatic heterocycles. The summed E-state index contributed by atoms with van der Waals surface area (Å²) in [4.78, 5) is 19.8. The quantitative estimate of drug-likeness (QED) is 0.830. The van der Waals surface area contributed by atoms with Crippen LogP contribution in [-0.2, 0) is 0 Å². The van der Waals surface area contributed by atoms with Gasteiger partial charge in [0.25, 0.3) is 5.91 Å². The average Bonchev–Trinajstić information content (AvgIpc) is 2.30. The highest BCUT2D eigenvalue weighted by molar-refractivity contribution is 6.03. The minimum Gasteiger partial charge on any atom is -0.307 e. The summed E-state index contributed by atoms with van der Waals surface area (Å²) in [6.07, 6.45) is 3.15. The predicted molar refractivity (Wildman–Crippen MR) is 61.2 cm³/mol. The summed E-state index contributed by atoms with van der Waals surface area (Å²) in [5.74, 6) is 0.347. The molecule has 0 spiro atoms. The van der Waals surface area contributed by atoms with Crippen LogP contribution in [0.15, 0.2) is 42.7 Å². The first-order valence-electron chi connectivity index (χ1n) is 4.91. The van der Waals surface area contributed by atoms with Crippen molar-refractivity contribution in [2.24, 2.45) is 0 Å². The molecule has 0 saturated carbocycles. The third-order valence-corrected chi connectivity index (χ3v) is 2.05. The molecule has 0 aliphatic rings. The molecule has 4 nitrogen and oxygen atoms in total. The van der Waals surface area contributed by atoms with Crippen molar-refractivity contribution in [1.29, 1.82) is 0 Å². The number of carbonyl (C=O) groups excluding carboxylic acids is 1. The van der Waals surface area contributed by atoms with E-state index in [-0.39, 0.29) is 5.91 Å². The molecule has 1 N–H and O–H groups in total. The van der Waals surface area contributed by atoms with E-state index in [1.807, 2.05) is 19.1 Å². The monoisotopic (exact) mass is 213 g/mol. The van der Waals surface area contributed by atoms with Crippen LogP contribution in [0.25, 0.3) is 0 Å². The van der Waals surface area contributed by atoms with E-state index < -0.39 is 0 Å². The fraction of sp³-hybridized carbons (Fsp3) is 0.0833. The van der Waals surface area contributed by atoms with E-state index in [0.29, 0.717) is 11.4 Å². The number of aromatic nitrogens is 2. The molecule has 16 heavy (non-hydrogen) atoms. The molecular weight excluding hydrogens is 202 g/mol. The van der Waals surface area contributed by atoms with Crippen LogP contribution in [0.5, 0.6) is 0 Å². The second-order valence-electron chi connectivity index (χ2n) is 3.36. The zero-order valence-electron chi connectivity index (χ0n) is 8.84. The second-order valence-corrected chi connectivity index (χ2v) is 3.36. The van der Waals surface area contributed by atoms with Crippen LogP contribution >= 0.6 is 0 Å². The van der Waals surface area contributed by atoms with E-state index >= 15 is 0 Å². The first kappa shape index (κ1) is 10.3. The van der Waals surface area contributed by atoms with Crippen molar-refractivity contribution in [3.05, 3.63) is 54.0 Å². The van der Waals surface area contributed by atoms with E-state index in [1.54, 1.807) is 24.4 Å². The third kappa shape index (κ3) is 2.42. The summed E-state index contributed by atoms with van der Waals surface area (Å²) in [5, 5.41) is 2.71. The largest absolute Gasteiger partial charge is 0.307 e. The lowest BCUT2D eigenvalue weighted by atomic mass is 10.2. The molecule has 2 aromatic rings. The molecule has 0 radical (unpaired) electrons. The zero-order chi connectivity index (χ0) is 11.4. The third-order valence-electron chi connectivity index (χ3n) is 2.05. The summed E-state index contributed by atoms with van der Waals surface area (Å²) >= 11 is 0. The number of hydrogen-bond donors (Lipinski definition) is 1. The Bertz CT molecular complexity index is 497. The maximum Gasteiger partial charge on any atom is 0.258 e. The molecule has 2 rings (SSSR count). The average molecular weight is 213 g/mol. The van der Waals surface area contributed by atoms with Crippen LogP contribution in [0, 0.1) is 6.92 Å². The van der Waals surface area contributed by atoms with Gasteiger partial charge in [-0.15, -0.1) is 0 Å². The second kappa shape index (κ2) is 4.53. The number of hydrogen-bond acceptors (Lipinski definition) is 3. The van der Waals surface area contributed by atoms with Gasteiger partial charge in [-0.3, -0.25) is 9.78 Å². The van der Waals surface area contributed by atoms with Crippen molar-refractivity contribution < 1.29 is 4.79 Å². The number of amides is 1. The molecule has 0 aliphatic carbocycles. The van der Waals surface area contributed by atoms with Crippen LogP contribution in [0.4, 0.5) is 5.82 Å². The van der Waals surface area contributed by atoms with Gasteiger partial charge in [-0.1, -0.05) is 6.07 Å². The maximum absolute atomic E-state index is 11.7. The Balaban J connectivity index is 2.14. The molecule has 0 unspecified atom stereocenters. The summed E-state index contributed by atoms with van der Waals surface area (Å²) in [6, 6.07) is 8.90. The fourth-order valence-corrected chi connectivity index (χ4v) is 1.30. The molecule has 0 aliphatic heterocycles. The van der Waals surface area contributed by atoms with E-state index in [4.69, 9.17) is 0 Å². The standard InChI is InChI=1S/C12H11N3O/c1-9-4-2-6-11(14-9)15-12(16)10-5-3-7-13-8-10/h2-8H,1H3,(H,14,15,16). The molecule has 0 aromatic carbocycles. The van der Waals surface area contributed by atoms with Gasteiger partial charge in [0.1, 0.15) is 5.82 Å². The lowest BCUT2D eigenvalue weighted by Crippen LogP contribution is -2.13. The molecule has 2 heterocycles. The summed E-state index contributed by atoms with van der Waals surface area (Å²) in [7, 11) is 0. The van der Waals surface area contributed by atoms with Gasteiger partial charge in [0.15, 0.2) is 0 Å². The topological polar surface area (TPSA) is 54.9 Å². The van der Waals surface area contributed by atoms with Gasteiger partial charge in [0.05, 0.1) is 5.56 Å². The van der Waals surface area contributed by atoms with Crippen molar-refractivity contribution in [1.82, 2.24) is 9.97 Å². The van der Waals surface area contributed by atoms with Crippen LogP contribution in [0.3, 0.4) is 0 Å². The molecule has 0 atom stereocenters. The SMILES string of the molecule is Cc1cccc(NC(=O)c2cccnc2)n1. The first-order valence-corrected chi connectivity index (χ1v) is 4.91. The van der Waals surface area contributed by atoms with Gasteiger partial charge in [-0.25, -0.2) is 4.98 Å². The molecule has 0 saturated heterocycles. The lowest BCUT2D eigenvalue weighted by Gasteiger charge is -2.04. The normalized spacial score (nSPS) is 9.81. The van der Waals surface area contributed by atoms with Gasteiger partial charge in [-0.05, 0) is 31.2 Å². The Morgan fingerprint density at radius 3 is 2.81 bits per heavy atom. The summed E-state index contributed by atoms with van der Waals surface area (Å²) in [6.45, 7) is 1.87. The van der Waals surface area contributed by atoms with Crippen LogP contribution in [0.2, 0.25) is 0 Å². The fourth-order valence-electron chi connectivity index (χ4n) is 1.30. The number of pyridine rings is 2. The molecule has 80 valence electrons. The van der Waals surface area contributed by atoms with Crippen molar-refractivity contribution >= 4 is 11.7 Å². The van der Waals surface area contributed by atoms with Gasteiger partial charge in [0, 0.05) is 18.1 Å². The first-order chi connectivity index (χ1) is 7.75. The lowest BCUT2D eigenvalue weighted by molar-refractivity contribution is 0.102. The van der Waals surface area contributed by atoms with E-state index in [0.717, 1.165) is 5.69 Å². The molecule has 1 amide bonds. The van der Waals surface area contributed by atoms with E-state index in [1.165, 1.54) is 6.20 Å². The molecule has 4 heteroatoms. The van der Waals surface area contributed by atoms with Gasteiger partial charge in [-0.2, -0.15) is 0 Å². The zero-order valence-corrected chi connectivity index (χ0v) is 8.84. The Labute approximate surface area is 93.4 Å². The van der Waals surface area contributed by atoms with Crippen molar-refractivity contribution in [2.75, 3.05) is 5.32 Å². The summed E-state index contributed by atoms with van der Waals surface area (Å²) < 4.78 is 0. The maximum atomic E-state index is 11.7. The van der Waals surface area contributed by atoms with Gasteiger partial charge in [0.2, 0.25) is 0 Å². The number of nitrogens with zero attached hydrogens (tertiary/aromatic N) is 2. The number of carbonyl (C=O) groups is 1. The smallest absolute Gasteiger partial charge is 0.258 e. The minimum absolute atomic E-state index is 0.203. The molecular formula is C12H11N3O. The molecule has 0 bridgehead atoms. The number of anilines is 1. The number of rotatable bonds is 2. The number of aryl methyl sites for hydroxylation is 1. The Hall–Kier alpha value is -2.23. The highest BCUT2D eigenvalue weighted by Gasteiger charge is 2.05.